The van der Waals surface area contributed by atoms with Crippen LogP contribution in [0.25, 0.3) is 0 Å². The average Bonchev–Trinajstić information content (AvgIpc) is 3.03. The molecule has 1 amide bonds. The molecule has 0 aromatic heterocycles. The molecule has 0 saturated heterocycles. The fraction of sp³-hybridized carbons (Fsp3) is 0.176. The summed E-state index contributed by atoms with van der Waals surface area (Å²) in [7, 11) is 0. The summed E-state index contributed by atoms with van der Waals surface area (Å²) in [6, 6.07) is 15.5. The van der Waals surface area contributed by atoms with Crippen molar-refractivity contribution < 1.29 is 14.3 Å². The molecule has 2 aromatic rings. The molecule has 0 aliphatic carbocycles. The molecule has 0 unspecified atom stereocenters. The van der Waals surface area contributed by atoms with Crippen molar-refractivity contribution in [2.24, 2.45) is 5.10 Å². The van der Waals surface area contributed by atoms with Crippen LogP contribution in [0.4, 0.5) is 0 Å². The van der Waals surface area contributed by atoms with Gasteiger partial charge in [-0.05, 0) is 29.3 Å². The highest BCUT2D eigenvalue weighted by Crippen LogP contribution is 2.31. The minimum absolute atomic E-state index is 0.122. The lowest BCUT2D eigenvalue weighted by atomic mass is 10.2. The predicted octanol–water partition coefficient (Wildman–Crippen LogP) is 2.80. The Kier molecular flexibility index (Phi) is 5.16. The maximum atomic E-state index is 11.7. The van der Waals surface area contributed by atoms with Gasteiger partial charge in [0.25, 0.3) is 0 Å². The fourth-order valence-electron chi connectivity index (χ4n) is 2.04. The van der Waals surface area contributed by atoms with Crippen LogP contribution in [-0.2, 0) is 10.5 Å². The number of fused-ring (bicyclic) bond motifs is 1. The number of rotatable bonds is 6. The Bertz CT molecular complexity index is 704. The number of hydrogen-bond donors (Lipinski definition) is 1. The van der Waals surface area contributed by atoms with Gasteiger partial charge in [0.1, 0.15) is 0 Å². The Balaban J connectivity index is 1.42. The van der Waals surface area contributed by atoms with Gasteiger partial charge in [-0.25, -0.2) is 5.43 Å². The highest BCUT2D eigenvalue weighted by molar-refractivity contribution is 7.99. The van der Waals surface area contributed by atoms with Crippen LogP contribution in [-0.4, -0.2) is 24.7 Å². The molecule has 0 saturated carbocycles. The number of thioether (sulfide) groups is 1. The molecule has 1 heterocycles. The van der Waals surface area contributed by atoms with E-state index in [0.717, 1.165) is 17.1 Å². The van der Waals surface area contributed by atoms with Gasteiger partial charge in [0.05, 0.1) is 12.0 Å². The van der Waals surface area contributed by atoms with Gasteiger partial charge in [-0.3, -0.25) is 4.79 Å². The van der Waals surface area contributed by atoms with Crippen LogP contribution < -0.4 is 14.9 Å². The number of nitrogens with one attached hydrogen (secondary N) is 1. The summed E-state index contributed by atoms with van der Waals surface area (Å²) >= 11 is 1.55. The summed E-state index contributed by atoms with van der Waals surface area (Å²) in [4.78, 5) is 11.7. The summed E-state index contributed by atoms with van der Waals surface area (Å²) in [5.74, 6) is 2.47. The molecule has 0 fully saturated rings. The van der Waals surface area contributed by atoms with Crippen LogP contribution >= 0.6 is 11.8 Å². The maximum absolute atomic E-state index is 11.7. The van der Waals surface area contributed by atoms with Crippen molar-refractivity contribution >= 4 is 23.9 Å². The first kappa shape index (κ1) is 15.4. The SMILES string of the molecule is O=C(CSCc1ccccc1)NN=Cc1ccc2c(c1)OCO2. The van der Waals surface area contributed by atoms with E-state index in [0.29, 0.717) is 11.5 Å². The minimum Gasteiger partial charge on any atom is -0.454 e. The van der Waals surface area contributed by atoms with Gasteiger partial charge < -0.3 is 9.47 Å². The molecule has 0 atom stereocenters. The van der Waals surface area contributed by atoms with Gasteiger partial charge >= 0.3 is 0 Å². The van der Waals surface area contributed by atoms with Crippen LogP contribution in [0.3, 0.4) is 0 Å². The molecular formula is C17H16N2O3S. The molecule has 0 bridgehead atoms. The molecule has 118 valence electrons. The van der Waals surface area contributed by atoms with E-state index in [9.17, 15) is 4.79 Å². The molecular weight excluding hydrogens is 312 g/mol. The molecule has 0 radical (unpaired) electrons. The third kappa shape index (κ3) is 4.50. The molecule has 23 heavy (non-hydrogen) atoms. The van der Waals surface area contributed by atoms with Gasteiger partial charge in [-0.2, -0.15) is 5.10 Å². The molecule has 5 nitrogen and oxygen atoms in total. The van der Waals surface area contributed by atoms with Crippen LogP contribution in [0.2, 0.25) is 0 Å². The largest absolute Gasteiger partial charge is 0.454 e. The molecule has 0 spiro atoms. The quantitative estimate of drug-likeness (QED) is 0.654. The summed E-state index contributed by atoms with van der Waals surface area (Å²) in [5.41, 5.74) is 4.57. The second kappa shape index (κ2) is 7.69. The van der Waals surface area contributed by atoms with Crippen molar-refractivity contribution in [2.75, 3.05) is 12.5 Å². The first-order valence-corrected chi connectivity index (χ1v) is 8.30. The third-order valence-electron chi connectivity index (χ3n) is 3.14. The number of benzene rings is 2. The van der Waals surface area contributed by atoms with Crippen molar-refractivity contribution in [1.29, 1.82) is 0 Å². The van der Waals surface area contributed by atoms with Crippen molar-refractivity contribution in [3.05, 3.63) is 59.7 Å². The zero-order chi connectivity index (χ0) is 15.9. The summed E-state index contributed by atoms with van der Waals surface area (Å²) in [5, 5.41) is 3.96. The van der Waals surface area contributed by atoms with Crippen LogP contribution in [0.1, 0.15) is 11.1 Å². The van der Waals surface area contributed by atoms with Gasteiger partial charge in [0.15, 0.2) is 11.5 Å². The Morgan fingerprint density at radius 1 is 1.17 bits per heavy atom. The van der Waals surface area contributed by atoms with Gasteiger partial charge in [-0.1, -0.05) is 30.3 Å². The third-order valence-corrected chi connectivity index (χ3v) is 4.15. The van der Waals surface area contributed by atoms with Gasteiger partial charge in [-0.15, -0.1) is 11.8 Å². The van der Waals surface area contributed by atoms with Crippen molar-refractivity contribution in [3.63, 3.8) is 0 Å². The number of nitrogens with zero attached hydrogens (tertiary/aromatic N) is 1. The van der Waals surface area contributed by atoms with Crippen molar-refractivity contribution in [2.45, 2.75) is 5.75 Å². The predicted molar refractivity (Wildman–Crippen MR) is 90.9 cm³/mol. The van der Waals surface area contributed by atoms with E-state index >= 15 is 0 Å². The molecule has 6 heteroatoms. The lowest BCUT2D eigenvalue weighted by molar-refractivity contribution is -0.118. The zero-order valence-corrected chi connectivity index (χ0v) is 13.2. The van der Waals surface area contributed by atoms with Gasteiger partial charge in [0, 0.05) is 5.75 Å². The number of hydrogen-bond acceptors (Lipinski definition) is 5. The Hall–Kier alpha value is -2.47. The monoisotopic (exact) mass is 328 g/mol. The Labute approximate surface area is 138 Å². The van der Waals surface area contributed by atoms with E-state index in [1.54, 1.807) is 18.0 Å². The van der Waals surface area contributed by atoms with Crippen molar-refractivity contribution in [1.82, 2.24) is 5.43 Å². The number of hydrazone groups is 1. The summed E-state index contributed by atoms with van der Waals surface area (Å²) in [6.07, 6.45) is 1.59. The Morgan fingerprint density at radius 3 is 2.87 bits per heavy atom. The lowest BCUT2D eigenvalue weighted by Gasteiger charge is -2.01. The first-order valence-electron chi connectivity index (χ1n) is 7.14. The number of ether oxygens (including phenoxy) is 2. The summed E-state index contributed by atoms with van der Waals surface area (Å²) < 4.78 is 10.5. The van der Waals surface area contributed by atoms with E-state index in [4.69, 9.17) is 9.47 Å². The maximum Gasteiger partial charge on any atom is 0.250 e. The average molecular weight is 328 g/mol. The number of amides is 1. The van der Waals surface area contributed by atoms with E-state index in [1.807, 2.05) is 48.5 Å². The topological polar surface area (TPSA) is 59.9 Å². The number of carbonyl (C=O) groups excluding carboxylic acids is 1. The standard InChI is InChI=1S/C17H16N2O3S/c20-17(11-23-10-13-4-2-1-3-5-13)19-18-9-14-6-7-15-16(8-14)22-12-21-15/h1-9H,10-12H2,(H,19,20). The molecule has 2 aromatic carbocycles. The van der Waals surface area contributed by atoms with E-state index in [-0.39, 0.29) is 12.7 Å². The van der Waals surface area contributed by atoms with E-state index in [2.05, 4.69) is 10.5 Å². The number of carbonyl (C=O) groups is 1. The second-order valence-corrected chi connectivity index (χ2v) is 5.87. The fourth-order valence-corrected chi connectivity index (χ4v) is 2.82. The van der Waals surface area contributed by atoms with E-state index < -0.39 is 0 Å². The van der Waals surface area contributed by atoms with Crippen LogP contribution in [0, 0.1) is 0 Å². The zero-order valence-electron chi connectivity index (χ0n) is 12.4. The minimum atomic E-state index is -0.122. The Morgan fingerprint density at radius 2 is 2.00 bits per heavy atom. The van der Waals surface area contributed by atoms with Gasteiger partial charge in [0.2, 0.25) is 12.7 Å². The van der Waals surface area contributed by atoms with Crippen molar-refractivity contribution in [3.8, 4) is 11.5 Å². The highest BCUT2D eigenvalue weighted by atomic mass is 32.2. The molecule has 1 aliphatic rings. The molecule has 1 aliphatic heterocycles. The van der Waals surface area contributed by atoms with Crippen LogP contribution in [0.15, 0.2) is 53.6 Å². The van der Waals surface area contributed by atoms with E-state index in [1.165, 1.54) is 5.56 Å². The highest BCUT2D eigenvalue weighted by Gasteiger charge is 2.12. The normalized spacial score (nSPS) is 12.5. The first-order chi connectivity index (χ1) is 11.3. The van der Waals surface area contributed by atoms with Crippen LogP contribution in [0.5, 0.6) is 11.5 Å². The molecule has 1 N–H and O–H groups in total. The lowest BCUT2D eigenvalue weighted by Crippen LogP contribution is -2.19. The molecule has 3 rings (SSSR count). The smallest absolute Gasteiger partial charge is 0.250 e. The summed E-state index contributed by atoms with van der Waals surface area (Å²) in [6.45, 7) is 0.241. The second-order valence-electron chi connectivity index (χ2n) is 4.88.